The van der Waals surface area contributed by atoms with Gasteiger partial charge < -0.3 is 15.0 Å². The maximum Gasteiger partial charge on any atom is 0.253 e. The molecule has 1 amide bonds. The van der Waals surface area contributed by atoms with Gasteiger partial charge in [-0.1, -0.05) is 19.3 Å². The number of hydrogen-bond acceptors (Lipinski definition) is 7. The normalized spacial score (nSPS) is 28.8. The van der Waals surface area contributed by atoms with Gasteiger partial charge in [-0.25, -0.2) is 0 Å². The topological polar surface area (TPSA) is 89.7 Å². The summed E-state index contributed by atoms with van der Waals surface area (Å²) in [7, 11) is 0. The fraction of sp³-hybridized carbons (Fsp3) is 0.696. The Bertz CT molecular complexity index is 705. The molecule has 0 radical (unpaired) electrons. The zero-order valence-electron chi connectivity index (χ0n) is 18.8. The lowest BCUT2D eigenvalue weighted by Gasteiger charge is -2.41. The Labute approximate surface area is 185 Å². The van der Waals surface area contributed by atoms with E-state index in [2.05, 4.69) is 26.6 Å². The van der Waals surface area contributed by atoms with Crippen LogP contribution in [-0.4, -0.2) is 61.9 Å². The highest BCUT2D eigenvalue weighted by atomic mass is 16.5. The van der Waals surface area contributed by atoms with Crippen molar-refractivity contribution >= 4 is 11.6 Å². The summed E-state index contributed by atoms with van der Waals surface area (Å²) in [6.45, 7) is 7.03. The van der Waals surface area contributed by atoms with Crippen molar-refractivity contribution in [1.82, 2.24) is 26.2 Å². The molecular weight excluding hydrogens is 392 g/mol. The van der Waals surface area contributed by atoms with Crippen LogP contribution in [0.4, 0.5) is 5.69 Å². The first kappa shape index (κ1) is 22.5. The van der Waals surface area contributed by atoms with Gasteiger partial charge in [-0.3, -0.25) is 26.1 Å². The average molecular weight is 431 g/mol. The van der Waals surface area contributed by atoms with E-state index in [9.17, 15) is 4.79 Å². The Morgan fingerprint density at radius 1 is 1.06 bits per heavy atom. The summed E-state index contributed by atoms with van der Waals surface area (Å²) in [6.07, 6.45) is 6.53. The lowest BCUT2D eigenvalue weighted by molar-refractivity contribution is -0.0451. The van der Waals surface area contributed by atoms with Crippen molar-refractivity contribution in [3.05, 3.63) is 29.8 Å². The highest BCUT2D eigenvalue weighted by molar-refractivity contribution is 5.94. The van der Waals surface area contributed by atoms with E-state index in [-0.39, 0.29) is 30.6 Å². The summed E-state index contributed by atoms with van der Waals surface area (Å²) in [5.41, 5.74) is 1.67. The molecule has 4 unspecified atom stereocenters. The Morgan fingerprint density at radius 2 is 1.81 bits per heavy atom. The molecular formula is C23H38N6O2. The Morgan fingerprint density at radius 3 is 2.52 bits per heavy atom. The zero-order valence-corrected chi connectivity index (χ0v) is 18.8. The number of nitrogens with one attached hydrogen (secondary N) is 5. The fourth-order valence-corrected chi connectivity index (χ4v) is 4.87. The van der Waals surface area contributed by atoms with Gasteiger partial charge in [0.1, 0.15) is 12.5 Å². The molecule has 0 aromatic heterocycles. The molecule has 2 heterocycles. The predicted octanol–water partition coefficient (Wildman–Crippen LogP) is 1.82. The number of benzene rings is 1. The van der Waals surface area contributed by atoms with Gasteiger partial charge in [0.05, 0.1) is 18.8 Å². The summed E-state index contributed by atoms with van der Waals surface area (Å²) >= 11 is 0. The first-order valence-corrected chi connectivity index (χ1v) is 11.9. The number of ether oxygens (including phenoxy) is 1. The highest BCUT2D eigenvalue weighted by Crippen LogP contribution is 2.25. The number of fused-ring (bicyclic) bond motifs is 1. The van der Waals surface area contributed by atoms with E-state index in [4.69, 9.17) is 4.74 Å². The van der Waals surface area contributed by atoms with Gasteiger partial charge in [0.15, 0.2) is 0 Å². The first-order valence-electron chi connectivity index (χ1n) is 11.9. The van der Waals surface area contributed by atoms with E-state index in [0.717, 1.165) is 32.1 Å². The molecule has 8 nitrogen and oxygen atoms in total. The van der Waals surface area contributed by atoms with Crippen LogP contribution in [0.1, 0.15) is 56.3 Å². The van der Waals surface area contributed by atoms with Crippen LogP contribution in [0.2, 0.25) is 0 Å². The number of carbonyl (C=O) groups excluding carboxylic acids is 1. The average Bonchev–Trinajstić information content (AvgIpc) is 3.28. The summed E-state index contributed by atoms with van der Waals surface area (Å²) in [6, 6.07) is 7.90. The number of anilines is 1. The smallest absolute Gasteiger partial charge is 0.253 e. The van der Waals surface area contributed by atoms with Crippen molar-refractivity contribution in [2.45, 2.75) is 70.7 Å². The van der Waals surface area contributed by atoms with Crippen molar-refractivity contribution in [2.75, 3.05) is 31.7 Å². The van der Waals surface area contributed by atoms with Gasteiger partial charge in [-0.05, 0) is 56.9 Å². The van der Waals surface area contributed by atoms with Crippen LogP contribution < -0.4 is 26.6 Å². The monoisotopic (exact) mass is 430 g/mol. The fourth-order valence-electron chi connectivity index (χ4n) is 4.87. The number of carbonyl (C=O) groups is 1. The van der Waals surface area contributed by atoms with E-state index in [1.165, 1.54) is 32.1 Å². The van der Waals surface area contributed by atoms with E-state index in [1.54, 1.807) is 0 Å². The molecule has 172 valence electrons. The van der Waals surface area contributed by atoms with Crippen molar-refractivity contribution in [1.29, 1.82) is 0 Å². The third kappa shape index (κ3) is 5.56. The van der Waals surface area contributed by atoms with Gasteiger partial charge >= 0.3 is 0 Å². The van der Waals surface area contributed by atoms with Gasteiger partial charge in [0.25, 0.3) is 5.91 Å². The molecule has 8 heteroatoms. The molecule has 1 aliphatic carbocycles. The van der Waals surface area contributed by atoms with Gasteiger partial charge in [0, 0.05) is 31.0 Å². The molecule has 0 spiro atoms. The summed E-state index contributed by atoms with van der Waals surface area (Å²) in [5, 5.41) is 17.6. The maximum atomic E-state index is 12.5. The number of rotatable bonds is 8. The Kier molecular flexibility index (Phi) is 7.79. The van der Waals surface area contributed by atoms with Crippen LogP contribution in [0.5, 0.6) is 0 Å². The van der Waals surface area contributed by atoms with Gasteiger partial charge in [-0.15, -0.1) is 0 Å². The van der Waals surface area contributed by atoms with Crippen LogP contribution in [0.3, 0.4) is 0 Å². The molecule has 1 aromatic rings. The van der Waals surface area contributed by atoms with Crippen molar-refractivity contribution in [2.24, 2.45) is 5.92 Å². The SMILES string of the molecule is CCN(CC)C(=O)c1ccc(NC2NC3NCNC3C(OCC3CCCCC3)N2)cc1. The summed E-state index contributed by atoms with van der Waals surface area (Å²) < 4.78 is 6.36. The van der Waals surface area contributed by atoms with E-state index < -0.39 is 0 Å². The minimum absolute atomic E-state index is 0.0656. The quantitative estimate of drug-likeness (QED) is 0.430. The lowest BCUT2D eigenvalue weighted by atomic mass is 9.90. The van der Waals surface area contributed by atoms with Crippen LogP contribution in [0.15, 0.2) is 24.3 Å². The highest BCUT2D eigenvalue weighted by Gasteiger charge is 2.40. The second-order valence-electron chi connectivity index (χ2n) is 8.81. The first-order chi connectivity index (χ1) is 15.2. The molecule has 1 aromatic carbocycles. The second-order valence-corrected chi connectivity index (χ2v) is 8.81. The minimum Gasteiger partial charge on any atom is -0.361 e. The van der Waals surface area contributed by atoms with Gasteiger partial charge in [0.2, 0.25) is 0 Å². The van der Waals surface area contributed by atoms with E-state index in [1.807, 2.05) is 43.0 Å². The van der Waals surface area contributed by atoms with Gasteiger partial charge in [-0.2, -0.15) is 0 Å². The number of hydrogen-bond donors (Lipinski definition) is 5. The third-order valence-electron chi connectivity index (χ3n) is 6.75. The predicted molar refractivity (Wildman–Crippen MR) is 122 cm³/mol. The molecule has 4 rings (SSSR count). The van der Waals surface area contributed by atoms with Crippen LogP contribution in [0.25, 0.3) is 0 Å². The molecule has 2 aliphatic heterocycles. The second kappa shape index (κ2) is 10.7. The summed E-state index contributed by atoms with van der Waals surface area (Å²) in [4.78, 5) is 14.4. The Balaban J connectivity index is 1.34. The molecule has 3 fully saturated rings. The van der Waals surface area contributed by atoms with Crippen LogP contribution in [-0.2, 0) is 4.74 Å². The molecule has 4 atom stereocenters. The largest absolute Gasteiger partial charge is 0.361 e. The zero-order chi connectivity index (χ0) is 21.6. The lowest BCUT2D eigenvalue weighted by Crippen LogP contribution is -2.71. The third-order valence-corrected chi connectivity index (χ3v) is 6.75. The number of amides is 1. The van der Waals surface area contributed by atoms with E-state index in [0.29, 0.717) is 11.5 Å². The maximum absolute atomic E-state index is 12.5. The minimum atomic E-state index is -0.130. The summed E-state index contributed by atoms with van der Waals surface area (Å²) in [5.74, 6) is 0.756. The van der Waals surface area contributed by atoms with E-state index >= 15 is 0 Å². The standard InChI is InChI=1S/C23H38N6O2/c1-3-29(4-2)22(30)17-10-12-18(13-11-17)26-23-27-20-19(24-15-25-20)21(28-23)31-14-16-8-6-5-7-9-16/h10-13,16,19-21,23-28H,3-9,14-15H2,1-2H3. The van der Waals surface area contributed by atoms with Crippen molar-refractivity contribution in [3.8, 4) is 0 Å². The molecule has 2 saturated heterocycles. The van der Waals surface area contributed by atoms with Crippen molar-refractivity contribution in [3.63, 3.8) is 0 Å². The van der Waals surface area contributed by atoms with Crippen LogP contribution >= 0.6 is 0 Å². The molecule has 0 bridgehead atoms. The molecule has 31 heavy (non-hydrogen) atoms. The molecule has 3 aliphatic rings. The Hall–Kier alpha value is -1.71. The molecule has 1 saturated carbocycles. The molecule has 5 N–H and O–H groups in total. The number of nitrogens with zero attached hydrogens (tertiary/aromatic N) is 1. The van der Waals surface area contributed by atoms with Crippen molar-refractivity contribution < 1.29 is 9.53 Å². The van der Waals surface area contributed by atoms with Crippen LogP contribution in [0, 0.1) is 5.92 Å².